The molecule has 0 saturated heterocycles. The van der Waals surface area contributed by atoms with Crippen molar-refractivity contribution in [1.82, 2.24) is 0 Å². The second kappa shape index (κ2) is 8.39. The molecule has 3 aliphatic rings. The van der Waals surface area contributed by atoms with Gasteiger partial charge in [-0.25, -0.2) is 9.59 Å². The first-order valence-corrected chi connectivity index (χ1v) is 11.8. The lowest BCUT2D eigenvalue weighted by molar-refractivity contribution is -0.190. The maximum absolute atomic E-state index is 13.0. The third-order valence-corrected chi connectivity index (χ3v) is 8.22. The van der Waals surface area contributed by atoms with E-state index in [2.05, 4.69) is 16.2 Å². The van der Waals surface area contributed by atoms with Crippen molar-refractivity contribution in [2.45, 2.75) is 58.7 Å². The minimum Gasteiger partial charge on any atom is -0.454 e. The lowest BCUT2D eigenvalue weighted by Gasteiger charge is -2.59. The van der Waals surface area contributed by atoms with Gasteiger partial charge in [0.1, 0.15) is 12.2 Å². The number of benzene rings is 2. The van der Waals surface area contributed by atoms with Gasteiger partial charge in [-0.2, -0.15) is 0 Å². The van der Waals surface area contributed by atoms with E-state index in [9.17, 15) is 9.59 Å². The van der Waals surface area contributed by atoms with Gasteiger partial charge in [0.25, 0.3) is 0 Å². The van der Waals surface area contributed by atoms with Crippen molar-refractivity contribution in [2.24, 2.45) is 10.8 Å². The molecule has 3 aliphatic carbocycles. The molecular weight excluding hydrogens is 407 g/mol. The van der Waals surface area contributed by atoms with Gasteiger partial charge in [0.15, 0.2) is 0 Å². The van der Waals surface area contributed by atoms with Crippen molar-refractivity contribution in [3.05, 3.63) is 70.8 Å². The molecular formula is C26H31O4P. The first kappa shape index (κ1) is 22.0. The molecule has 0 aromatic heterocycles. The van der Waals surface area contributed by atoms with E-state index in [1.165, 1.54) is 0 Å². The Hall–Kier alpha value is -2.19. The van der Waals surface area contributed by atoms with Gasteiger partial charge >= 0.3 is 11.9 Å². The Kier molecular flexibility index (Phi) is 5.96. The minimum atomic E-state index is -0.459. The zero-order valence-electron chi connectivity index (χ0n) is 18.5. The summed E-state index contributed by atoms with van der Waals surface area (Å²) in [6.45, 7) is 6.14. The number of carbonyl (C=O) groups is 2. The molecule has 0 amide bonds. The zero-order chi connectivity index (χ0) is 22.2. The van der Waals surface area contributed by atoms with Gasteiger partial charge in [0.2, 0.25) is 0 Å². The van der Waals surface area contributed by atoms with Crippen molar-refractivity contribution in [3.8, 4) is 0 Å². The third-order valence-electron chi connectivity index (χ3n) is 7.40. The molecule has 0 aliphatic heterocycles. The Balaban J connectivity index is 1.63. The van der Waals surface area contributed by atoms with Gasteiger partial charge in [0, 0.05) is 10.8 Å². The van der Waals surface area contributed by atoms with E-state index in [1.54, 1.807) is 24.3 Å². The summed E-state index contributed by atoms with van der Waals surface area (Å²) in [7, 11) is 2.83. The molecule has 3 fully saturated rings. The average molecular weight is 439 g/mol. The summed E-state index contributed by atoms with van der Waals surface area (Å²) in [4.78, 5) is 26.0. The van der Waals surface area contributed by atoms with Gasteiger partial charge < -0.3 is 9.47 Å². The molecule has 0 radical (unpaired) electrons. The highest BCUT2D eigenvalue weighted by Gasteiger charge is 2.61. The highest BCUT2D eigenvalue weighted by molar-refractivity contribution is 7.16. The van der Waals surface area contributed by atoms with Gasteiger partial charge in [-0.1, -0.05) is 42.3 Å². The Morgan fingerprint density at radius 1 is 0.806 bits per heavy atom. The molecule has 31 heavy (non-hydrogen) atoms. The number of rotatable bonds is 5. The van der Waals surface area contributed by atoms with E-state index in [0.717, 1.165) is 43.0 Å². The molecule has 3 unspecified atom stereocenters. The smallest absolute Gasteiger partial charge is 0.338 e. The Labute approximate surface area is 186 Å². The van der Waals surface area contributed by atoms with E-state index < -0.39 is 12.2 Å². The van der Waals surface area contributed by atoms with Crippen LogP contribution in [0.5, 0.6) is 0 Å². The SMILES string of the molecule is Cc1ccc(C(=O)OC2C(OC(=O)c3ccc(C)cc3)C3(CP)CCC2(C)CC3)cc1. The number of carbonyl (C=O) groups excluding carboxylic acids is 2. The van der Waals surface area contributed by atoms with Crippen molar-refractivity contribution in [3.63, 3.8) is 0 Å². The van der Waals surface area contributed by atoms with Crippen LogP contribution in [0.25, 0.3) is 0 Å². The fraction of sp³-hybridized carbons (Fsp3) is 0.462. The Morgan fingerprint density at radius 2 is 1.23 bits per heavy atom. The standard InChI is InChI=1S/C26H31O4P/c1-17-4-8-19(9-5-17)23(27)29-21-22(26(16-31)14-12-25(21,3)13-15-26)30-24(28)20-10-6-18(2)7-11-20/h4-11,21-22H,12-16,31H2,1-3H3. The molecule has 4 nitrogen and oxygen atoms in total. The van der Waals surface area contributed by atoms with E-state index in [-0.39, 0.29) is 22.8 Å². The van der Waals surface area contributed by atoms with Crippen LogP contribution >= 0.6 is 9.24 Å². The minimum absolute atomic E-state index is 0.180. The molecule has 2 aromatic rings. The third kappa shape index (κ3) is 4.15. The van der Waals surface area contributed by atoms with Crippen LogP contribution in [0.2, 0.25) is 0 Å². The lowest BCUT2D eigenvalue weighted by atomic mass is 9.52. The lowest BCUT2D eigenvalue weighted by Crippen LogP contribution is -2.63. The van der Waals surface area contributed by atoms with E-state index in [1.807, 2.05) is 38.1 Å². The summed E-state index contributed by atoms with van der Waals surface area (Å²) >= 11 is 0. The largest absolute Gasteiger partial charge is 0.454 e. The number of hydrogen-bond donors (Lipinski definition) is 0. The second-order valence-electron chi connectivity index (χ2n) is 9.60. The van der Waals surface area contributed by atoms with Crippen LogP contribution in [0.15, 0.2) is 48.5 Å². The molecule has 0 spiro atoms. The Morgan fingerprint density at radius 3 is 1.65 bits per heavy atom. The number of ether oxygens (including phenoxy) is 2. The fourth-order valence-electron chi connectivity index (χ4n) is 5.03. The molecule has 3 saturated carbocycles. The number of esters is 2. The Bertz CT molecular complexity index is 956. The zero-order valence-corrected chi connectivity index (χ0v) is 19.7. The predicted molar refractivity (Wildman–Crippen MR) is 124 cm³/mol. The van der Waals surface area contributed by atoms with E-state index >= 15 is 0 Å². The summed E-state index contributed by atoms with van der Waals surface area (Å²) in [5.41, 5.74) is 2.86. The predicted octanol–water partition coefficient (Wildman–Crippen LogP) is 5.51. The summed E-state index contributed by atoms with van der Waals surface area (Å²) in [6.07, 6.45) is 3.76. The van der Waals surface area contributed by atoms with Gasteiger partial charge in [-0.05, 0) is 70.0 Å². The maximum atomic E-state index is 13.0. The van der Waals surface area contributed by atoms with Crippen LogP contribution in [0.3, 0.4) is 0 Å². The molecule has 164 valence electrons. The topological polar surface area (TPSA) is 52.6 Å². The first-order valence-electron chi connectivity index (χ1n) is 11.0. The van der Waals surface area contributed by atoms with Crippen LogP contribution in [0.4, 0.5) is 0 Å². The molecule has 5 rings (SSSR count). The van der Waals surface area contributed by atoms with Gasteiger partial charge in [-0.3, -0.25) is 0 Å². The number of aryl methyl sites for hydroxylation is 2. The molecule has 2 bridgehead atoms. The van der Waals surface area contributed by atoms with Crippen LogP contribution in [0.1, 0.15) is 64.4 Å². The number of fused-ring (bicyclic) bond motifs is 3. The highest BCUT2D eigenvalue weighted by atomic mass is 31.0. The monoisotopic (exact) mass is 438 g/mol. The number of hydrogen-bond acceptors (Lipinski definition) is 4. The van der Waals surface area contributed by atoms with Gasteiger partial charge in [-0.15, -0.1) is 9.24 Å². The summed E-state index contributed by atoms with van der Waals surface area (Å²) < 4.78 is 12.3. The van der Waals surface area contributed by atoms with Crippen LogP contribution in [-0.2, 0) is 9.47 Å². The van der Waals surface area contributed by atoms with Crippen molar-refractivity contribution >= 4 is 21.2 Å². The van der Waals surface area contributed by atoms with Gasteiger partial charge in [0.05, 0.1) is 11.1 Å². The van der Waals surface area contributed by atoms with Crippen molar-refractivity contribution < 1.29 is 19.1 Å². The highest BCUT2D eigenvalue weighted by Crippen LogP contribution is 2.59. The quantitative estimate of drug-likeness (QED) is 0.456. The summed E-state index contributed by atoms with van der Waals surface area (Å²) in [6, 6.07) is 14.8. The normalized spacial score (nSPS) is 29.4. The van der Waals surface area contributed by atoms with Crippen LogP contribution in [-0.4, -0.2) is 30.3 Å². The molecule has 3 atom stereocenters. The molecule has 0 N–H and O–H groups in total. The summed E-state index contributed by atoms with van der Waals surface area (Å²) in [5.74, 6) is -0.704. The van der Waals surface area contributed by atoms with Crippen LogP contribution in [0, 0.1) is 24.7 Å². The van der Waals surface area contributed by atoms with E-state index in [4.69, 9.17) is 9.47 Å². The fourth-order valence-corrected chi connectivity index (χ4v) is 5.67. The average Bonchev–Trinajstić information content (AvgIpc) is 2.77. The van der Waals surface area contributed by atoms with Crippen molar-refractivity contribution in [2.75, 3.05) is 6.16 Å². The molecule has 2 aromatic carbocycles. The van der Waals surface area contributed by atoms with Crippen molar-refractivity contribution in [1.29, 1.82) is 0 Å². The maximum Gasteiger partial charge on any atom is 0.338 e. The van der Waals surface area contributed by atoms with Crippen LogP contribution < -0.4 is 0 Å². The summed E-state index contributed by atoms with van der Waals surface area (Å²) in [5, 5.41) is 0. The first-order chi connectivity index (χ1) is 14.8. The second-order valence-corrected chi connectivity index (χ2v) is 10.0. The molecule has 0 heterocycles. The van der Waals surface area contributed by atoms with E-state index in [0.29, 0.717) is 11.1 Å². The molecule has 5 heteroatoms.